The van der Waals surface area contributed by atoms with Crippen molar-refractivity contribution in [2.75, 3.05) is 26.2 Å². The molecular weight excluding hydrogens is 303 g/mol. The van der Waals surface area contributed by atoms with Crippen LogP contribution in [-0.2, 0) is 9.59 Å². The summed E-state index contributed by atoms with van der Waals surface area (Å²) >= 11 is 0. The van der Waals surface area contributed by atoms with Gasteiger partial charge in [-0.25, -0.2) is 4.39 Å². The van der Waals surface area contributed by atoms with E-state index >= 15 is 0 Å². The number of aliphatic hydroxyl groups is 2. The van der Waals surface area contributed by atoms with Crippen molar-refractivity contribution in [1.29, 1.82) is 0 Å². The third kappa shape index (κ3) is 3.57. The number of ketones is 1. The molecule has 1 atom stereocenters. The molecule has 0 spiro atoms. The Hall–Kier alpha value is -2.25. The van der Waals surface area contributed by atoms with E-state index in [-0.39, 0.29) is 18.7 Å². The van der Waals surface area contributed by atoms with Gasteiger partial charge in [0.15, 0.2) is 11.5 Å². The molecule has 7 heteroatoms. The summed E-state index contributed by atoms with van der Waals surface area (Å²) in [7, 11) is 0. The first-order chi connectivity index (χ1) is 11.0. The average molecular weight is 322 g/mol. The van der Waals surface area contributed by atoms with Crippen LogP contribution in [0.4, 0.5) is 4.39 Å². The van der Waals surface area contributed by atoms with Gasteiger partial charge in [-0.15, -0.1) is 0 Å². The third-order valence-corrected chi connectivity index (χ3v) is 3.67. The largest absolute Gasteiger partial charge is 0.503 e. The molecular formula is C16H19FN2O4. The van der Waals surface area contributed by atoms with Gasteiger partial charge in [0.1, 0.15) is 5.82 Å². The topological polar surface area (TPSA) is 89.9 Å². The van der Waals surface area contributed by atoms with Crippen LogP contribution in [0.3, 0.4) is 0 Å². The van der Waals surface area contributed by atoms with Crippen molar-refractivity contribution < 1.29 is 24.2 Å². The van der Waals surface area contributed by atoms with E-state index in [0.717, 1.165) is 0 Å². The van der Waals surface area contributed by atoms with Crippen molar-refractivity contribution in [3.8, 4) is 0 Å². The molecule has 0 aromatic heterocycles. The number of rotatable bonds is 7. The minimum Gasteiger partial charge on any atom is -0.503 e. The molecule has 1 aliphatic rings. The molecule has 0 aliphatic carbocycles. The Bertz CT molecular complexity index is 645. The van der Waals surface area contributed by atoms with E-state index in [1.807, 2.05) is 0 Å². The summed E-state index contributed by atoms with van der Waals surface area (Å²) in [5.41, 5.74) is 0.400. The molecule has 6 nitrogen and oxygen atoms in total. The lowest BCUT2D eigenvalue weighted by atomic mass is 9.96. The van der Waals surface area contributed by atoms with Gasteiger partial charge in [-0.05, 0) is 24.6 Å². The maximum Gasteiger partial charge on any atom is 0.290 e. The SMILES string of the molecule is CC(=O)C1=C(O)C(=O)N(CCNCCO)C1c1cccc(F)c1. The minimum absolute atomic E-state index is 0.0252. The Kier molecular flexibility index (Phi) is 5.46. The van der Waals surface area contributed by atoms with Gasteiger partial charge in [-0.2, -0.15) is 0 Å². The van der Waals surface area contributed by atoms with Gasteiger partial charge in [0.05, 0.1) is 18.2 Å². The molecule has 0 saturated carbocycles. The number of nitrogens with zero attached hydrogens (tertiary/aromatic N) is 1. The molecule has 1 heterocycles. The number of hydrogen-bond donors (Lipinski definition) is 3. The Morgan fingerprint density at radius 3 is 2.74 bits per heavy atom. The number of benzene rings is 1. The maximum absolute atomic E-state index is 13.5. The van der Waals surface area contributed by atoms with E-state index in [4.69, 9.17) is 5.11 Å². The zero-order valence-electron chi connectivity index (χ0n) is 12.8. The van der Waals surface area contributed by atoms with E-state index in [9.17, 15) is 19.1 Å². The van der Waals surface area contributed by atoms with Crippen molar-refractivity contribution >= 4 is 11.7 Å². The lowest BCUT2D eigenvalue weighted by Gasteiger charge is -2.26. The fourth-order valence-electron chi connectivity index (χ4n) is 2.67. The minimum atomic E-state index is -0.813. The van der Waals surface area contributed by atoms with Gasteiger partial charge in [-0.1, -0.05) is 12.1 Å². The van der Waals surface area contributed by atoms with Gasteiger partial charge >= 0.3 is 0 Å². The van der Waals surface area contributed by atoms with Gasteiger partial charge in [0, 0.05) is 19.6 Å². The van der Waals surface area contributed by atoms with Crippen molar-refractivity contribution in [3.05, 3.63) is 47.0 Å². The Balaban J connectivity index is 2.33. The number of carbonyl (C=O) groups excluding carboxylic acids is 2. The number of nitrogens with one attached hydrogen (secondary N) is 1. The highest BCUT2D eigenvalue weighted by atomic mass is 19.1. The van der Waals surface area contributed by atoms with Gasteiger partial charge in [0.25, 0.3) is 5.91 Å². The molecule has 0 saturated heterocycles. The third-order valence-electron chi connectivity index (χ3n) is 3.67. The normalized spacial score (nSPS) is 18.0. The van der Waals surface area contributed by atoms with Crippen LogP contribution >= 0.6 is 0 Å². The zero-order valence-corrected chi connectivity index (χ0v) is 12.8. The Morgan fingerprint density at radius 2 is 2.13 bits per heavy atom. The van der Waals surface area contributed by atoms with E-state index in [1.165, 1.54) is 30.0 Å². The number of Topliss-reactive ketones (excluding diaryl/α,β-unsaturated/α-hetero) is 1. The van der Waals surface area contributed by atoms with Crippen LogP contribution in [-0.4, -0.2) is 53.0 Å². The summed E-state index contributed by atoms with van der Waals surface area (Å²) in [4.78, 5) is 25.4. The highest BCUT2D eigenvalue weighted by Gasteiger charge is 2.42. The van der Waals surface area contributed by atoms with Crippen LogP contribution in [0.5, 0.6) is 0 Å². The highest BCUT2D eigenvalue weighted by molar-refractivity contribution is 6.08. The average Bonchev–Trinajstić information content (AvgIpc) is 2.76. The molecule has 124 valence electrons. The number of amides is 1. The lowest BCUT2D eigenvalue weighted by Crippen LogP contribution is -2.37. The van der Waals surface area contributed by atoms with Crippen molar-refractivity contribution in [1.82, 2.24) is 10.2 Å². The van der Waals surface area contributed by atoms with Crippen molar-refractivity contribution in [3.63, 3.8) is 0 Å². The zero-order chi connectivity index (χ0) is 17.0. The first-order valence-electron chi connectivity index (χ1n) is 7.29. The van der Waals surface area contributed by atoms with Gasteiger partial charge in [-0.3, -0.25) is 9.59 Å². The molecule has 3 N–H and O–H groups in total. The summed E-state index contributed by atoms with van der Waals surface area (Å²) in [6.45, 7) is 2.17. The summed E-state index contributed by atoms with van der Waals surface area (Å²) in [6.07, 6.45) is 0. The van der Waals surface area contributed by atoms with E-state index in [1.54, 1.807) is 6.07 Å². The number of aliphatic hydroxyl groups excluding tert-OH is 2. The second-order valence-corrected chi connectivity index (χ2v) is 5.25. The lowest BCUT2D eigenvalue weighted by molar-refractivity contribution is -0.129. The summed E-state index contributed by atoms with van der Waals surface area (Å²) in [5.74, 6) is -2.16. The van der Waals surface area contributed by atoms with E-state index < -0.39 is 29.3 Å². The first kappa shape index (κ1) is 17.1. The van der Waals surface area contributed by atoms with Gasteiger partial charge in [0.2, 0.25) is 0 Å². The van der Waals surface area contributed by atoms with Crippen LogP contribution in [0.15, 0.2) is 35.6 Å². The number of halogens is 1. The fraction of sp³-hybridized carbons (Fsp3) is 0.375. The molecule has 1 unspecified atom stereocenters. The van der Waals surface area contributed by atoms with Crippen LogP contribution in [0.2, 0.25) is 0 Å². The van der Waals surface area contributed by atoms with E-state index in [0.29, 0.717) is 18.7 Å². The van der Waals surface area contributed by atoms with Crippen molar-refractivity contribution in [2.24, 2.45) is 0 Å². The predicted molar refractivity (Wildman–Crippen MR) is 81.1 cm³/mol. The highest BCUT2D eigenvalue weighted by Crippen LogP contribution is 2.37. The summed E-state index contributed by atoms with van der Waals surface area (Å²) in [6, 6.07) is 4.80. The van der Waals surface area contributed by atoms with E-state index in [2.05, 4.69) is 5.32 Å². The van der Waals surface area contributed by atoms with Crippen molar-refractivity contribution in [2.45, 2.75) is 13.0 Å². The van der Waals surface area contributed by atoms with Crippen LogP contribution in [0, 0.1) is 5.82 Å². The summed E-state index contributed by atoms with van der Waals surface area (Å²) < 4.78 is 13.5. The molecule has 0 radical (unpaired) electrons. The van der Waals surface area contributed by atoms with Crippen LogP contribution in [0.1, 0.15) is 18.5 Å². The standard InChI is InChI=1S/C16H19FN2O4/c1-10(21)13-14(11-3-2-4-12(17)9-11)19(16(23)15(13)22)7-5-18-6-8-20/h2-4,9,14,18,20,22H,5-8H2,1H3. The van der Waals surface area contributed by atoms with Crippen LogP contribution in [0.25, 0.3) is 0 Å². The molecule has 1 aliphatic heterocycles. The second kappa shape index (κ2) is 7.34. The second-order valence-electron chi connectivity index (χ2n) is 5.25. The fourth-order valence-corrected chi connectivity index (χ4v) is 2.67. The first-order valence-corrected chi connectivity index (χ1v) is 7.29. The quantitative estimate of drug-likeness (QED) is 0.643. The number of carbonyl (C=O) groups is 2. The molecule has 0 fully saturated rings. The number of hydrogen-bond acceptors (Lipinski definition) is 5. The molecule has 1 aromatic carbocycles. The maximum atomic E-state index is 13.5. The predicted octanol–water partition coefficient (Wildman–Crippen LogP) is 0.692. The van der Waals surface area contributed by atoms with Gasteiger partial charge < -0.3 is 20.4 Å². The Labute approximate surface area is 133 Å². The molecule has 1 aromatic rings. The molecule has 0 bridgehead atoms. The molecule has 1 amide bonds. The Morgan fingerprint density at radius 1 is 1.39 bits per heavy atom. The molecule has 23 heavy (non-hydrogen) atoms. The smallest absolute Gasteiger partial charge is 0.290 e. The monoisotopic (exact) mass is 322 g/mol. The molecule has 2 rings (SSSR count). The summed E-state index contributed by atoms with van der Waals surface area (Å²) in [5, 5.41) is 21.7. The van der Waals surface area contributed by atoms with Crippen LogP contribution < -0.4 is 5.32 Å².